The van der Waals surface area contributed by atoms with Crippen molar-refractivity contribution in [2.75, 3.05) is 0 Å². The Kier molecular flexibility index (Phi) is 6.45. The van der Waals surface area contributed by atoms with E-state index in [1.807, 2.05) is 55.5 Å². The Labute approximate surface area is 171 Å². The molecule has 2 N–H and O–H groups in total. The third kappa shape index (κ3) is 5.44. The van der Waals surface area contributed by atoms with E-state index in [2.05, 4.69) is 26.5 Å². The minimum Gasteiger partial charge on any atom is -0.507 e. The summed E-state index contributed by atoms with van der Waals surface area (Å²) in [7, 11) is 0. The van der Waals surface area contributed by atoms with Gasteiger partial charge in [-0.15, -0.1) is 0 Å². The van der Waals surface area contributed by atoms with Gasteiger partial charge in [0.2, 0.25) is 0 Å². The molecular weight excluding hydrogens is 420 g/mol. The number of hydrazone groups is 1. The Bertz CT molecular complexity index is 1000. The van der Waals surface area contributed by atoms with Gasteiger partial charge in [0.25, 0.3) is 5.91 Å². The van der Waals surface area contributed by atoms with Crippen molar-refractivity contribution < 1.29 is 14.6 Å². The van der Waals surface area contributed by atoms with E-state index in [4.69, 9.17) is 4.74 Å². The number of benzene rings is 3. The van der Waals surface area contributed by atoms with Gasteiger partial charge in [-0.1, -0.05) is 57.9 Å². The van der Waals surface area contributed by atoms with Gasteiger partial charge in [0.1, 0.15) is 18.1 Å². The second-order valence-electron chi connectivity index (χ2n) is 6.21. The molecule has 0 aliphatic carbocycles. The Morgan fingerprint density at radius 3 is 2.71 bits per heavy atom. The van der Waals surface area contributed by atoms with Crippen LogP contribution in [-0.4, -0.2) is 17.2 Å². The van der Waals surface area contributed by atoms with Gasteiger partial charge in [-0.3, -0.25) is 4.79 Å². The van der Waals surface area contributed by atoms with Crippen LogP contribution in [0.3, 0.4) is 0 Å². The average Bonchev–Trinajstić information content (AvgIpc) is 2.69. The number of aryl methyl sites for hydroxylation is 1. The summed E-state index contributed by atoms with van der Waals surface area (Å²) in [6.07, 6.45) is 1.52. The molecule has 142 valence electrons. The van der Waals surface area contributed by atoms with Gasteiger partial charge in [-0.2, -0.15) is 5.10 Å². The number of phenolic OH excluding ortho intramolecular Hbond substituents is 1. The van der Waals surface area contributed by atoms with E-state index in [-0.39, 0.29) is 11.3 Å². The summed E-state index contributed by atoms with van der Waals surface area (Å²) in [6.45, 7) is 2.52. The van der Waals surface area contributed by atoms with Crippen LogP contribution >= 0.6 is 15.9 Å². The fourth-order valence-corrected chi connectivity index (χ4v) is 2.81. The van der Waals surface area contributed by atoms with Crippen molar-refractivity contribution in [1.29, 1.82) is 0 Å². The highest BCUT2D eigenvalue weighted by Crippen LogP contribution is 2.21. The molecule has 0 fully saturated rings. The van der Waals surface area contributed by atoms with Crippen LogP contribution in [0.15, 0.2) is 76.3 Å². The highest BCUT2D eigenvalue weighted by atomic mass is 79.9. The summed E-state index contributed by atoms with van der Waals surface area (Å²) < 4.78 is 6.50. The smallest absolute Gasteiger partial charge is 0.275 e. The van der Waals surface area contributed by atoms with E-state index in [1.54, 1.807) is 6.07 Å². The van der Waals surface area contributed by atoms with Crippen molar-refractivity contribution in [2.24, 2.45) is 5.10 Å². The zero-order chi connectivity index (χ0) is 19.9. The zero-order valence-electron chi connectivity index (χ0n) is 15.2. The van der Waals surface area contributed by atoms with E-state index in [0.717, 1.165) is 11.1 Å². The van der Waals surface area contributed by atoms with Crippen molar-refractivity contribution in [2.45, 2.75) is 13.5 Å². The minimum atomic E-state index is -0.498. The zero-order valence-corrected chi connectivity index (χ0v) is 16.8. The topological polar surface area (TPSA) is 70.9 Å². The summed E-state index contributed by atoms with van der Waals surface area (Å²) in [5.41, 5.74) is 5.62. The van der Waals surface area contributed by atoms with Crippen LogP contribution in [0.4, 0.5) is 0 Å². The highest BCUT2D eigenvalue weighted by molar-refractivity contribution is 9.10. The number of nitrogens with one attached hydrogen (secondary N) is 1. The predicted molar refractivity (Wildman–Crippen MR) is 113 cm³/mol. The first-order chi connectivity index (χ1) is 13.5. The van der Waals surface area contributed by atoms with Gasteiger partial charge >= 0.3 is 0 Å². The lowest BCUT2D eigenvalue weighted by Crippen LogP contribution is -2.17. The number of phenols is 1. The molecule has 3 aromatic rings. The standard InChI is InChI=1S/C22H19BrN2O3/c1-15-5-7-16(8-6-15)14-28-19-4-2-3-17(11-19)13-24-25-22(27)20-12-18(23)9-10-21(20)26/h2-13,26H,14H2,1H3,(H,25,27)/b24-13+. The first-order valence-corrected chi connectivity index (χ1v) is 9.41. The molecule has 0 aromatic heterocycles. The molecule has 0 radical (unpaired) electrons. The van der Waals surface area contributed by atoms with Crippen LogP contribution in [0.1, 0.15) is 27.0 Å². The normalized spacial score (nSPS) is 10.8. The molecule has 5 nitrogen and oxygen atoms in total. The summed E-state index contributed by atoms with van der Waals surface area (Å²) in [5, 5.41) is 13.7. The molecule has 0 aliphatic heterocycles. The maximum atomic E-state index is 12.1. The molecular formula is C22H19BrN2O3. The van der Waals surface area contributed by atoms with Crippen LogP contribution in [0, 0.1) is 6.92 Å². The number of amides is 1. The molecule has 28 heavy (non-hydrogen) atoms. The highest BCUT2D eigenvalue weighted by Gasteiger charge is 2.10. The summed E-state index contributed by atoms with van der Waals surface area (Å²) >= 11 is 3.27. The van der Waals surface area contributed by atoms with Gasteiger partial charge in [-0.05, 0) is 48.4 Å². The van der Waals surface area contributed by atoms with Crippen LogP contribution in [0.2, 0.25) is 0 Å². The molecule has 0 aliphatic rings. The first-order valence-electron chi connectivity index (χ1n) is 8.61. The van der Waals surface area contributed by atoms with E-state index in [9.17, 15) is 9.90 Å². The number of aromatic hydroxyl groups is 1. The Morgan fingerprint density at radius 1 is 1.14 bits per heavy atom. The molecule has 0 saturated heterocycles. The average molecular weight is 439 g/mol. The van der Waals surface area contributed by atoms with E-state index >= 15 is 0 Å². The third-order valence-corrected chi connectivity index (χ3v) is 4.46. The van der Waals surface area contributed by atoms with E-state index in [1.165, 1.54) is 23.9 Å². The van der Waals surface area contributed by atoms with Crippen LogP contribution in [0.5, 0.6) is 11.5 Å². The van der Waals surface area contributed by atoms with Crippen molar-refractivity contribution in [3.8, 4) is 11.5 Å². The van der Waals surface area contributed by atoms with E-state index in [0.29, 0.717) is 16.8 Å². The maximum Gasteiger partial charge on any atom is 0.275 e. The summed E-state index contributed by atoms with van der Waals surface area (Å²) in [4.78, 5) is 12.1. The fourth-order valence-electron chi connectivity index (χ4n) is 2.45. The Hall–Kier alpha value is -3.12. The number of carbonyl (C=O) groups excluding carboxylic acids is 1. The first kappa shape index (κ1) is 19.6. The van der Waals surface area contributed by atoms with Crippen LogP contribution in [0.25, 0.3) is 0 Å². The summed E-state index contributed by atoms with van der Waals surface area (Å²) in [5.74, 6) is 0.102. The predicted octanol–water partition coefficient (Wildman–Crippen LogP) is 4.81. The number of rotatable bonds is 6. The Morgan fingerprint density at radius 2 is 1.93 bits per heavy atom. The van der Waals surface area contributed by atoms with E-state index < -0.39 is 5.91 Å². The maximum absolute atomic E-state index is 12.1. The van der Waals surface area contributed by atoms with Gasteiger partial charge in [0.15, 0.2) is 0 Å². The lowest BCUT2D eigenvalue weighted by atomic mass is 10.2. The van der Waals surface area contributed by atoms with Crippen LogP contribution < -0.4 is 10.2 Å². The molecule has 3 rings (SSSR count). The molecule has 0 bridgehead atoms. The lowest BCUT2D eigenvalue weighted by Gasteiger charge is -2.07. The number of halogens is 1. The fraction of sp³-hybridized carbons (Fsp3) is 0.0909. The molecule has 0 spiro atoms. The third-order valence-electron chi connectivity index (χ3n) is 3.97. The molecule has 0 heterocycles. The number of ether oxygens (including phenoxy) is 1. The number of carbonyl (C=O) groups is 1. The van der Waals surface area contributed by atoms with Gasteiger partial charge in [0, 0.05) is 4.47 Å². The molecule has 0 saturated carbocycles. The van der Waals surface area contributed by atoms with Crippen molar-refractivity contribution in [1.82, 2.24) is 5.43 Å². The van der Waals surface area contributed by atoms with Crippen molar-refractivity contribution in [3.05, 3.63) is 93.5 Å². The number of nitrogens with zero attached hydrogens (tertiary/aromatic N) is 1. The monoisotopic (exact) mass is 438 g/mol. The van der Waals surface area contributed by atoms with Crippen LogP contribution in [-0.2, 0) is 6.61 Å². The summed E-state index contributed by atoms with van der Waals surface area (Å²) in [6, 6.07) is 20.2. The lowest BCUT2D eigenvalue weighted by molar-refractivity contribution is 0.0952. The number of hydrogen-bond acceptors (Lipinski definition) is 4. The molecule has 1 amide bonds. The SMILES string of the molecule is Cc1ccc(COc2cccc(/C=N/NC(=O)c3cc(Br)ccc3O)c2)cc1. The molecule has 3 aromatic carbocycles. The minimum absolute atomic E-state index is 0.109. The van der Waals surface area contributed by atoms with Gasteiger partial charge in [0.05, 0.1) is 11.8 Å². The molecule has 6 heteroatoms. The Balaban J connectivity index is 1.59. The quantitative estimate of drug-likeness (QED) is 0.428. The second kappa shape index (κ2) is 9.19. The molecule has 0 atom stereocenters. The van der Waals surface area contributed by atoms with Gasteiger partial charge in [-0.25, -0.2) is 5.43 Å². The van der Waals surface area contributed by atoms with Crippen molar-refractivity contribution >= 4 is 28.1 Å². The molecule has 0 unspecified atom stereocenters. The van der Waals surface area contributed by atoms with Crippen molar-refractivity contribution in [3.63, 3.8) is 0 Å². The largest absolute Gasteiger partial charge is 0.507 e. The van der Waals surface area contributed by atoms with Gasteiger partial charge < -0.3 is 9.84 Å². The second-order valence-corrected chi connectivity index (χ2v) is 7.12. The number of hydrogen-bond donors (Lipinski definition) is 2.